The first-order chi connectivity index (χ1) is 21.5. The molecule has 0 aliphatic carbocycles. The number of likely N-dealkylation sites (tertiary alicyclic amines) is 1. The van der Waals surface area contributed by atoms with Crippen LogP contribution >= 0.6 is 0 Å². The highest BCUT2D eigenvalue weighted by molar-refractivity contribution is 6.00. The molecule has 3 fully saturated rings. The molecule has 44 heavy (non-hydrogen) atoms. The van der Waals surface area contributed by atoms with E-state index in [9.17, 15) is 14.4 Å². The van der Waals surface area contributed by atoms with Crippen molar-refractivity contribution in [1.29, 1.82) is 0 Å². The van der Waals surface area contributed by atoms with Crippen LogP contribution in [0, 0.1) is 5.92 Å². The number of hydrogen-bond donors (Lipinski definition) is 4. The van der Waals surface area contributed by atoms with Gasteiger partial charge in [-0.05, 0) is 66.6 Å². The molecular formula is C36H41N5O3. The van der Waals surface area contributed by atoms with E-state index in [2.05, 4.69) is 81.3 Å². The predicted octanol–water partition coefficient (Wildman–Crippen LogP) is 4.53. The summed E-state index contributed by atoms with van der Waals surface area (Å²) in [4.78, 5) is 39.6. The van der Waals surface area contributed by atoms with Gasteiger partial charge in [0.15, 0.2) is 0 Å². The summed E-state index contributed by atoms with van der Waals surface area (Å²) in [6.07, 6.45) is 4.79. The smallest absolute Gasteiger partial charge is 0.251 e. The van der Waals surface area contributed by atoms with Crippen LogP contribution in [0.2, 0.25) is 0 Å². The van der Waals surface area contributed by atoms with Crippen LogP contribution in [0.5, 0.6) is 0 Å². The number of piperidine rings is 3. The van der Waals surface area contributed by atoms with E-state index in [4.69, 9.17) is 0 Å². The monoisotopic (exact) mass is 591 g/mol. The van der Waals surface area contributed by atoms with Gasteiger partial charge in [-0.2, -0.15) is 0 Å². The summed E-state index contributed by atoms with van der Waals surface area (Å²) in [6.45, 7) is 6.89. The summed E-state index contributed by atoms with van der Waals surface area (Å²) < 4.78 is 0. The highest BCUT2D eigenvalue weighted by Crippen LogP contribution is 2.42. The van der Waals surface area contributed by atoms with Crippen LogP contribution < -0.4 is 21.3 Å². The second kappa shape index (κ2) is 13.6. The van der Waals surface area contributed by atoms with Crippen LogP contribution in [0.4, 0.5) is 5.69 Å². The Kier molecular flexibility index (Phi) is 9.19. The molecule has 0 bridgehead atoms. The minimum absolute atomic E-state index is 0.00683. The van der Waals surface area contributed by atoms with Gasteiger partial charge in [0.25, 0.3) is 5.91 Å². The fourth-order valence-corrected chi connectivity index (χ4v) is 6.97. The number of benzene rings is 3. The maximum absolute atomic E-state index is 12.9. The minimum atomic E-state index is -0.306. The van der Waals surface area contributed by atoms with Crippen LogP contribution in [0.3, 0.4) is 0 Å². The summed E-state index contributed by atoms with van der Waals surface area (Å²) in [5, 5.41) is 12.8. The lowest BCUT2D eigenvalue weighted by atomic mass is 9.72. The van der Waals surface area contributed by atoms with E-state index in [-0.39, 0.29) is 47.7 Å². The molecule has 0 spiro atoms. The Hall–Kier alpha value is -4.27. The average Bonchev–Trinajstić information content (AvgIpc) is 3.06. The summed E-state index contributed by atoms with van der Waals surface area (Å²) >= 11 is 0. The molecule has 3 amide bonds. The summed E-state index contributed by atoms with van der Waals surface area (Å²) in [5.74, 6) is -0.0175. The highest BCUT2D eigenvalue weighted by Gasteiger charge is 2.42. The fourth-order valence-electron chi connectivity index (χ4n) is 6.97. The molecule has 3 aliphatic rings. The average molecular weight is 592 g/mol. The Morgan fingerprint density at radius 3 is 2.43 bits per heavy atom. The zero-order chi connectivity index (χ0) is 30.5. The van der Waals surface area contributed by atoms with Gasteiger partial charge < -0.3 is 21.3 Å². The van der Waals surface area contributed by atoms with E-state index in [0.29, 0.717) is 11.3 Å². The summed E-state index contributed by atoms with van der Waals surface area (Å²) in [6, 6.07) is 27.0. The normalized spacial score (nSPS) is 24.0. The van der Waals surface area contributed by atoms with Gasteiger partial charge in [-0.15, -0.1) is 0 Å². The van der Waals surface area contributed by atoms with Crippen molar-refractivity contribution in [3.63, 3.8) is 0 Å². The lowest BCUT2D eigenvalue weighted by Crippen LogP contribution is -2.56. The van der Waals surface area contributed by atoms with Crippen molar-refractivity contribution in [2.75, 3.05) is 25.0 Å². The fraction of sp³-hybridized carbons (Fsp3) is 0.361. The molecule has 3 saturated heterocycles. The maximum Gasteiger partial charge on any atom is 0.251 e. The van der Waals surface area contributed by atoms with Crippen molar-refractivity contribution in [3.05, 3.63) is 114 Å². The summed E-state index contributed by atoms with van der Waals surface area (Å²) in [7, 11) is 0. The Morgan fingerprint density at radius 2 is 1.68 bits per heavy atom. The Morgan fingerprint density at radius 1 is 0.909 bits per heavy atom. The molecule has 228 valence electrons. The molecule has 0 radical (unpaired) electrons. The van der Waals surface area contributed by atoms with Crippen molar-refractivity contribution in [1.82, 2.24) is 20.9 Å². The molecule has 3 aromatic carbocycles. The third kappa shape index (κ3) is 6.93. The van der Waals surface area contributed by atoms with Gasteiger partial charge in [0.05, 0.1) is 5.92 Å². The first kappa shape index (κ1) is 29.8. The SMILES string of the molecule is C=CC(=O)Nc1cccc(C(=O)NC2CCN(Cc3ccc(C4NC5CCNC(=O)C5CC4c4ccccc4)cc3)CC2)c1. The molecule has 3 aliphatic heterocycles. The third-order valence-corrected chi connectivity index (χ3v) is 9.35. The molecule has 0 aromatic heterocycles. The largest absolute Gasteiger partial charge is 0.356 e. The number of anilines is 1. The van der Waals surface area contributed by atoms with E-state index in [1.165, 1.54) is 22.8 Å². The van der Waals surface area contributed by atoms with E-state index in [1.807, 2.05) is 6.07 Å². The highest BCUT2D eigenvalue weighted by atomic mass is 16.2. The standard InChI is InChI=1S/C36H41N5O3/c1-2-33(42)38-29-10-6-9-27(21-29)35(43)39-28-16-19-41(20-17-28)23-24-11-13-26(14-12-24)34-30(25-7-4-3-5-8-25)22-31-32(40-34)15-18-37-36(31)44/h2-14,21,28,30-32,34,40H,1,15-20,22-23H2,(H,37,44)(H,38,42)(H,39,43). The lowest BCUT2D eigenvalue weighted by Gasteiger charge is -2.44. The number of nitrogens with zero attached hydrogens (tertiary/aromatic N) is 1. The minimum Gasteiger partial charge on any atom is -0.356 e. The van der Waals surface area contributed by atoms with Crippen LogP contribution in [0.25, 0.3) is 0 Å². The molecule has 4 N–H and O–H groups in total. The molecule has 8 nitrogen and oxygen atoms in total. The van der Waals surface area contributed by atoms with E-state index >= 15 is 0 Å². The van der Waals surface area contributed by atoms with Crippen LogP contribution in [0.1, 0.15) is 64.7 Å². The Balaban J connectivity index is 1.04. The third-order valence-electron chi connectivity index (χ3n) is 9.35. The lowest BCUT2D eigenvalue weighted by molar-refractivity contribution is -0.129. The van der Waals surface area contributed by atoms with Crippen LogP contribution in [-0.4, -0.2) is 54.3 Å². The number of fused-ring (bicyclic) bond motifs is 1. The summed E-state index contributed by atoms with van der Waals surface area (Å²) in [5.41, 5.74) is 4.91. The van der Waals surface area contributed by atoms with Crippen LogP contribution in [-0.2, 0) is 16.1 Å². The van der Waals surface area contributed by atoms with Crippen molar-refractivity contribution in [3.8, 4) is 0 Å². The van der Waals surface area contributed by atoms with Gasteiger partial charge >= 0.3 is 0 Å². The Labute approximate surface area is 259 Å². The van der Waals surface area contributed by atoms with Crippen molar-refractivity contribution >= 4 is 23.4 Å². The molecule has 4 atom stereocenters. The van der Waals surface area contributed by atoms with Crippen molar-refractivity contribution < 1.29 is 14.4 Å². The van der Waals surface area contributed by atoms with Gasteiger partial charge in [-0.3, -0.25) is 19.3 Å². The number of carbonyl (C=O) groups excluding carboxylic acids is 3. The van der Waals surface area contributed by atoms with Gasteiger partial charge in [0.2, 0.25) is 11.8 Å². The number of carbonyl (C=O) groups is 3. The maximum atomic E-state index is 12.9. The molecule has 0 saturated carbocycles. The zero-order valence-electron chi connectivity index (χ0n) is 25.0. The van der Waals surface area contributed by atoms with Gasteiger partial charge in [0, 0.05) is 61.5 Å². The quantitative estimate of drug-likeness (QED) is 0.289. The van der Waals surface area contributed by atoms with E-state index < -0.39 is 0 Å². The zero-order valence-corrected chi connectivity index (χ0v) is 25.0. The molecule has 6 rings (SSSR count). The first-order valence-electron chi connectivity index (χ1n) is 15.7. The topological polar surface area (TPSA) is 103 Å². The molecular weight excluding hydrogens is 550 g/mol. The van der Waals surface area contributed by atoms with E-state index in [1.54, 1.807) is 24.3 Å². The number of rotatable bonds is 8. The van der Waals surface area contributed by atoms with Gasteiger partial charge in [-0.1, -0.05) is 67.2 Å². The van der Waals surface area contributed by atoms with E-state index in [0.717, 1.165) is 51.9 Å². The second-order valence-corrected chi connectivity index (χ2v) is 12.2. The first-order valence-corrected chi connectivity index (χ1v) is 15.7. The van der Waals surface area contributed by atoms with Gasteiger partial charge in [0.1, 0.15) is 0 Å². The number of nitrogens with one attached hydrogen (secondary N) is 4. The number of amides is 3. The van der Waals surface area contributed by atoms with Crippen molar-refractivity contribution in [2.45, 2.75) is 56.3 Å². The van der Waals surface area contributed by atoms with Gasteiger partial charge in [-0.25, -0.2) is 0 Å². The molecule has 3 heterocycles. The molecule has 8 heteroatoms. The van der Waals surface area contributed by atoms with Crippen LogP contribution in [0.15, 0.2) is 91.5 Å². The number of hydrogen-bond acceptors (Lipinski definition) is 5. The second-order valence-electron chi connectivity index (χ2n) is 12.2. The predicted molar refractivity (Wildman–Crippen MR) is 172 cm³/mol. The molecule has 3 aromatic rings. The molecule has 4 unspecified atom stereocenters. The Bertz CT molecular complexity index is 1480. The van der Waals surface area contributed by atoms with Crippen molar-refractivity contribution in [2.24, 2.45) is 5.92 Å².